The van der Waals surface area contributed by atoms with Crippen LogP contribution in [-0.2, 0) is 24.0 Å². The van der Waals surface area contributed by atoms with Crippen molar-refractivity contribution in [2.75, 3.05) is 7.11 Å². The Kier molecular flexibility index (Phi) is 5.84. The van der Waals surface area contributed by atoms with E-state index in [0.717, 1.165) is 12.8 Å². The van der Waals surface area contributed by atoms with E-state index in [-0.39, 0.29) is 17.4 Å². The Bertz CT molecular complexity index is 1040. The minimum atomic E-state index is -0.638. The lowest BCUT2D eigenvalue weighted by atomic mass is 9.94. The van der Waals surface area contributed by atoms with Crippen molar-refractivity contribution in [1.29, 1.82) is 0 Å². The zero-order valence-corrected chi connectivity index (χ0v) is 17.3. The van der Waals surface area contributed by atoms with Crippen molar-refractivity contribution in [1.82, 2.24) is 0 Å². The Hall–Kier alpha value is -3.14. The van der Waals surface area contributed by atoms with E-state index in [9.17, 15) is 9.18 Å². The Morgan fingerprint density at radius 3 is 2.20 bits per heavy atom. The minimum absolute atomic E-state index is 0.00374. The highest BCUT2D eigenvalue weighted by molar-refractivity contribution is 5.93. The summed E-state index contributed by atoms with van der Waals surface area (Å²) < 4.78 is 24.8. The summed E-state index contributed by atoms with van der Waals surface area (Å²) in [7, 11) is 1.38. The second-order valence-electron chi connectivity index (χ2n) is 7.63. The molecule has 3 nitrogen and oxygen atoms in total. The number of fused-ring (bicyclic) bond motifs is 1. The van der Waals surface area contributed by atoms with Crippen LogP contribution in [0.1, 0.15) is 40.4 Å². The number of benzene rings is 3. The molecule has 1 aliphatic rings. The van der Waals surface area contributed by atoms with E-state index >= 15 is 0 Å². The fourth-order valence-electron chi connectivity index (χ4n) is 3.93. The van der Waals surface area contributed by atoms with Crippen molar-refractivity contribution >= 4 is 5.97 Å². The lowest BCUT2D eigenvalue weighted by molar-refractivity contribution is 0.0230. The maximum atomic E-state index is 14.4. The molecule has 0 aliphatic carbocycles. The summed E-state index contributed by atoms with van der Waals surface area (Å²) in [5.41, 5.74) is 5.59. The van der Waals surface area contributed by atoms with E-state index < -0.39 is 11.8 Å². The average molecular weight is 404 g/mol. The SMILES string of the molecule is CCc1ccc(-c2ccc(CCC3Cc4ccc(OC)c(F)c4C(=O)O3)cc2)cc1. The molecule has 3 aromatic carbocycles. The van der Waals surface area contributed by atoms with Crippen LogP contribution in [0.4, 0.5) is 4.39 Å². The van der Waals surface area contributed by atoms with E-state index in [2.05, 4.69) is 55.5 Å². The normalized spacial score (nSPS) is 15.4. The van der Waals surface area contributed by atoms with E-state index in [1.54, 1.807) is 12.1 Å². The van der Waals surface area contributed by atoms with Gasteiger partial charge in [0, 0.05) is 6.42 Å². The monoisotopic (exact) mass is 404 g/mol. The first-order valence-electron chi connectivity index (χ1n) is 10.3. The van der Waals surface area contributed by atoms with Gasteiger partial charge in [-0.3, -0.25) is 0 Å². The highest BCUT2D eigenvalue weighted by Crippen LogP contribution is 2.30. The Morgan fingerprint density at radius 1 is 0.967 bits per heavy atom. The summed E-state index contributed by atoms with van der Waals surface area (Å²) >= 11 is 0. The van der Waals surface area contributed by atoms with E-state index in [1.807, 2.05) is 0 Å². The van der Waals surface area contributed by atoms with Crippen LogP contribution in [0, 0.1) is 5.82 Å². The first-order chi connectivity index (χ1) is 14.6. The molecule has 0 fully saturated rings. The van der Waals surface area contributed by atoms with Crippen molar-refractivity contribution in [3.05, 3.63) is 88.7 Å². The molecule has 0 aromatic heterocycles. The quantitative estimate of drug-likeness (QED) is 0.489. The van der Waals surface area contributed by atoms with Gasteiger partial charge in [-0.1, -0.05) is 61.5 Å². The van der Waals surface area contributed by atoms with Crippen LogP contribution >= 0.6 is 0 Å². The number of carbonyl (C=O) groups is 1. The summed E-state index contributed by atoms with van der Waals surface area (Å²) in [6.45, 7) is 2.15. The molecule has 1 heterocycles. The fourth-order valence-corrected chi connectivity index (χ4v) is 3.93. The molecule has 0 spiro atoms. The van der Waals surface area contributed by atoms with Gasteiger partial charge in [0.15, 0.2) is 11.6 Å². The fraction of sp³-hybridized carbons (Fsp3) is 0.269. The van der Waals surface area contributed by atoms with Gasteiger partial charge in [-0.05, 0) is 53.1 Å². The minimum Gasteiger partial charge on any atom is -0.494 e. The number of aryl methyl sites for hydroxylation is 2. The molecule has 1 atom stereocenters. The standard InChI is InChI=1S/C26H25FO3/c1-3-17-4-9-19(10-5-17)20-11-6-18(7-12-20)8-14-22-16-21-13-15-23(29-2)25(27)24(21)26(28)30-22/h4-7,9-13,15,22H,3,8,14,16H2,1-2H3. The summed E-state index contributed by atoms with van der Waals surface area (Å²) in [4.78, 5) is 12.3. The lowest BCUT2D eigenvalue weighted by Crippen LogP contribution is -2.29. The molecular weight excluding hydrogens is 379 g/mol. The summed E-state index contributed by atoms with van der Waals surface area (Å²) in [5.74, 6) is -1.18. The first kappa shape index (κ1) is 20.1. The molecule has 0 saturated carbocycles. The van der Waals surface area contributed by atoms with Crippen molar-refractivity contribution in [3.63, 3.8) is 0 Å². The maximum Gasteiger partial charge on any atom is 0.341 e. The molecule has 0 N–H and O–H groups in total. The van der Waals surface area contributed by atoms with Crippen molar-refractivity contribution in [2.24, 2.45) is 0 Å². The van der Waals surface area contributed by atoms with Crippen LogP contribution in [-0.4, -0.2) is 19.2 Å². The third kappa shape index (κ3) is 4.09. The van der Waals surface area contributed by atoms with Gasteiger partial charge >= 0.3 is 5.97 Å². The van der Waals surface area contributed by atoms with Gasteiger partial charge in [-0.15, -0.1) is 0 Å². The maximum absolute atomic E-state index is 14.4. The van der Waals surface area contributed by atoms with Gasteiger partial charge in [0.05, 0.1) is 7.11 Å². The number of halogens is 1. The number of cyclic esters (lactones) is 1. The molecule has 1 aliphatic heterocycles. The first-order valence-corrected chi connectivity index (χ1v) is 10.3. The van der Waals surface area contributed by atoms with Crippen molar-refractivity contribution in [3.8, 4) is 16.9 Å². The molecule has 30 heavy (non-hydrogen) atoms. The predicted octanol–water partition coefficient (Wildman–Crippen LogP) is 5.78. The zero-order chi connectivity index (χ0) is 21.1. The highest BCUT2D eigenvalue weighted by Gasteiger charge is 2.30. The van der Waals surface area contributed by atoms with Crippen LogP contribution in [0.3, 0.4) is 0 Å². The lowest BCUT2D eigenvalue weighted by Gasteiger charge is -2.25. The second-order valence-corrected chi connectivity index (χ2v) is 7.63. The molecule has 154 valence electrons. The summed E-state index contributed by atoms with van der Waals surface area (Å²) in [6.07, 6.45) is 2.79. The molecule has 4 rings (SSSR count). The molecule has 3 aromatic rings. The van der Waals surface area contributed by atoms with Crippen LogP contribution in [0.5, 0.6) is 5.75 Å². The molecule has 0 saturated heterocycles. The van der Waals surface area contributed by atoms with Gasteiger partial charge in [0.1, 0.15) is 11.7 Å². The van der Waals surface area contributed by atoms with Gasteiger partial charge in [-0.25, -0.2) is 9.18 Å². The number of hydrogen-bond donors (Lipinski definition) is 0. The van der Waals surface area contributed by atoms with Crippen LogP contribution in [0.15, 0.2) is 60.7 Å². The molecule has 1 unspecified atom stereocenters. The highest BCUT2D eigenvalue weighted by atomic mass is 19.1. The topological polar surface area (TPSA) is 35.5 Å². The van der Waals surface area contributed by atoms with Crippen molar-refractivity contribution < 1.29 is 18.7 Å². The van der Waals surface area contributed by atoms with Gasteiger partial charge in [-0.2, -0.15) is 0 Å². The molecule has 0 bridgehead atoms. The number of methoxy groups -OCH3 is 1. The number of hydrogen-bond acceptors (Lipinski definition) is 3. The van der Waals surface area contributed by atoms with Gasteiger partial charge in [0.25, 0.3) is 0 Å². The van der Waals surface area contributed by atoms with E-state index in [1.165, 1.54) is 29.4 Å². The average Bonchev–Trinajstić information content (AvgIpc) is 2.78. The van der Waals surface area contributed by atoms with Crippen LogP contribution in [0.25, 0.3) is 11.1 Å². The van der Waals surface area contributed by atoms with E-state index in [0.29, 0.717) is 18.4 Å². The van der Waals surface area contributed by atoms with Gasteiger partial charge < -0.3 is 9.47 Å². The Labute approximate surface area is 176 Å². The predicted molar refractivity (Wildman–Crippen MR) is 115 cm³/mol. The molecule has 4 heteroatoms. The molecular formula is C26H25FO3. The summed E-state index contributed by atoms with van der Waals surface area (Å²) in [6, 6.07) is 20.4. The zero-order valence-electron chi connectivity index (χ0n) is 17.3. The van der Waals surface area contributed by atoms with Crippen molar-refractivity contribution in [2.45, 2.75) is 38.7 Å². The molecule has 0 radical (unpaired) electrons. The smallest absolute Gasteiger partial charge is 0.341 e. The molecule has 0 amide bonds. The third-order valence-corrected chi connectivity index (χ3v) is 5.74. The number of rotatable bonds is 6. The van der Waals surface area contributed by atoms with E-state index in [4.69, 9.17) is 9.47 Å². The number of ether oxygens (including phenoxy) is 2. The number of esters is 1. The third-order valence-electron chi connectivity index (χ3n) is 5.74. The Balaban J connectivity index is 1.40. The van der Waals surface area contributed by atoms with Crippen LogP contribution in [0.2, 0.25) is 0 Å². The second kappa shape index (κ2) is 8.70. The largest absolute Gasteiger partial charge is 0.494 e. The van der Waals surface area contributed by atoms with Crippen LogP contribution < -0.4 is 4.74 Å². The van der Waals surface area contributed by atoms with Gasteiger partial charge in [0.2, 0.25) is 0 Å². The number of carbonyl (C=O) groups excluding carboxylic acids is 1. The summed E-state index contributed by atoms with van der Waals surface area (Å²) in [5, 5.41) is 0. The Morgan fingerprint density at radius 2 is 1.60 bits per heavy atom.